The van der Waals surface area contributed by atoms with Crippen molar-refractivity contribution in [1.82, 2.24) is 24.4 Å². The Morgan fingerprint density at radius 3 is 2.34 bits per heavy atom. The fourth-order valence-electron chi connectivity index (χ4n) is 5.08. The molecule has 7 nitrogen and oxygen atoms in total. The zero-order valence-electron chi connectivity index (χ0n) is 19.6. The first kappa shape index (κ1) is 21.2. The van der Waals surface area contributed by atoms with Crippen LogP contribution in [0.25, 0.3) is 11.2 Å². The summed E-state index contributed by atoms with van der Waals surface area (Å²) in [6, 6.07) is 8.93. The first-order chi connectivity index (χ1) is 15.6. The van der Waals surface area contributed by atoms with Crippen molar-refractivity contribution in [3.63, 3.8) is 0 Å². The number of hydrogen-bond acceptors (Lipinski definition) is 6. The number of hydrogen-bond donors (Lipinski definition) is 1. The lowest BCUT2D eigenvalue weighted by molar-refractivity contribution is 0.313. The fourth-order valence-corrected chi connectivity index (χ4v) is 5.08. The number of imidazole rings is 1. The van der Waals surface area contributed by atoms with Crippen molar-refractivity contribution in [3.05, 3.63) is 36.3 Å². The summed E-state index contributed by atoms with van der Waals surface area (Å²) in [4.78, 5) is 19.3. The molecule has 2 aliphatic rings. The highest BCUT2D eigenvalue weighted by atomic mass is 15.2. The molecule has 1 N–H and O–H groups in total. The largest absolute Gasteiger partial charge is 0.369 e. The minimum Gasteiger partial charge on any atom is -0.369 e. The maximum Gasteiger partial charge on any atom is 0.229 e. The van der Waals surface area contributed by atoms with Crippen LogP contribution in [0.5, 0.6) is 0 Å². The lowest BCUT2D eigenvalue weighted by Crippen LogP contribution is -2.44. The van der Waals surface area contributed by atoms with Crippen LogP contribution in [-0.4, -0.2) is 57.6 Å². The second kappa shape index (κ2) is 9.06. The average Bonchev–Trinajstić information content (AvgIpc) is 3.20. The van der Waals surface area contributed by atoms with E-state index in [1.54, 1.807) is 0 Å². The van der Waals surface area contributed by atoms with Crippen LogP contribution in [-0.2, 0) is 0 Å². The van der Waals surface area contributed by atoms with E-state index in [9.17, 15) is 0 Å². The summed E-state index contributed by atoms with van der Waals surface area (Å²) in [5.74, 6) is 2.36. The number of likely N-dealkylation sites (N-methyl/N-ethyl adjacent to an activating group) is 1. The van der Waals surface area contributed by atoms with E-state index in [0.29, 0.717) is 17.9 Å². The molecule has 3 heterocycles. The Morgan fingerprint density at radius 2 is 1.66 bits per heavy atom. The molecule has 0 spiro atoms. The van der Waals surface area contributed by atoms with Crippen molar-refractivity contribution < 1.29 is 0 Å². The molecule has 0 atom stereocenters. The summed E-state index contributed by atoms with van der Waals surface area (Å²) in [5.41, 5.74) is 4.11. The molecule has 1 saturated carbocycles. The lowest BCUT2D eigenvalue weighted by Gasteiger charge is -2.34. The first-order valence-electron chi connectivity index (χ1n) is 12.1. The molecule has 1 saturated heterocycles. The predicted molar refractivity (Wildman–Crippen MR) is 131 cm³/mol. The first-order valence-corrected chi connectivity index (χ1v) is 12.1. The Balaban J connectivity index is 1.37. The number of nitrogens with one attached hydrogen (secondary N) is 1. The van der Waals surface area contributed by atoms with E-state index in [0.717, 1.165) is 43.0 Å². The molecule has 170 valence electrons. The van der Waals surface area contributed by atoms with Crippen molar-refractivity contribution in [1.29, 1.82) is 0 Å². The molecule has 5 rings (SSSR count). The van der Waals surface area contributed by atoms with Gasteiger partial charge in [-0.3, -0.25) is 0 Å². The average molecular weight is 434 g/mol. The summed E-state index contributed by atoms with van der Waals surface area (Å²) < 4.78 is 2.33. The highest BCUT2D eigenvalue weighted by Crippen LogP contribution is 2.35. The van der Waals surface area contributed by atoms with Gasteiger partial charge in [-0.25, -0.2) is 9.97 Å². The van der Waals surface area contributed by atoms with Gasteiger partial charge in [0.1, 0.15) is 11.3 Å². The van der Waals surface area contributed by atoms with Gasteiger partial charge < -0.3 is 19.7 Å². The second-order valence-electron chi connectivity index (χ2n) is 9.63. The molecule has 0 amide bonds. The van der Waals surface area contributed by atoms with Gasteiger partial charge in [0.25, 0.3) is 0 Å². The molecule has 1 aromatic carbocycles. The number of piperazine rings is 1. The third-order valence-electron chi connectivity index (χ3n) is 6.94. The van der Waals surface area contributed by atoms with Crippen LogP contribution in [0.15, 0.2) is 30.5 Å². The van der Waals surface area contributed by atoms with Crippen molar-refractivity contribution in [2.45, 2.75) is 57.9 Å². The maximum atomic E-state index is 4.98. The molecule has 7 heteroatoms. The normalized spacial score (nSPS) is 18.6. The van der Waals surface area contributed by atoms with Crippen LogP contribution < -0.4 is 10.2 Å². The standard InChI is InChI=1S/C25H35N7/c1-18(2)32-23(19-7-5-4-6-8-19)28-22-17-26-25(29-24(22)32)27-20-9-11-21(12-10-20)31-15-13-30(3)14-16-31/h9-12,17-19H,4-8,13-16H2,1-3H3,(H,26,27,29). The highest BCUT2D eigenvalue weighted by molar-refractivity contribution is 5.73. The van der Waals surface area contributed by atoms with E-state index in [1.807, 2.05) is 6.20 Å². The summed E-state index contributed by atoms with van der Waals surface area (Å²) in [7, 11) is 2.19. The number of aromatic nitrogens is 4. The summed E-state index contributed by atoms with van der Waals surface area (Å²) in [6.07, 6.45) is 8.28. The molecule has 1 aliphatic heterocycles. The van der Waals surface area contributed by atoms with Gasteiger partial charge in [-0.15, -0.1) is 0 Å². The SMILES string of the molecule is CC(C)n1c(C2CCCCC2)nc2cnc(Nc3ccc(N4CCN(C)CC4)cc3)nc21. The van der Waals surface area contributed by atoms with Gasteiger partial charge in [0, 0.05) is 49.5 Å². The zero-order chi connectivity index (χ0) is 22.1. The van der Waals surface area contributed by atoms with Gasteiger partial charge >= 0.3 is 0 Å². The summed E-state index contributed by atoms with van der Waals surface area (Å²) in [5, 5.41) is 3.40. The van der Waals surface area contributed by atoms with Crippen molar-refractivity contribution in [2.24, 2.45) is 0 Å². The molecular weight excluding hydrogens is 398 g/mol. The van der Waals surface area contributed by atoms with E-state index < -0.39 is 0 Å². The minimum atomic E-state index is 0.322. The Labute approximate surface area is 190 Å². The Morgan fingerprint density at radius 1 is 0.938 bits per heavy atom. The van der Waals surface area contributed by atoms with Crippen molar-refractivity contribution in [2.75, 3.05) is 43.4 Å². The number of anilines is 3. The topological polar surface area (TPSA) is 62.1 Å². The van der Waals surface area contributed by atoms with Crippen LogP contribution in [0, 0.1) is 0 Å². The van der Waals surface area contributed by atoms with Gasteiger partial charge in [-0.2, -0.15) is 4.98 Å². The van der Waals surface area contributed by atoms with Crippen LogP contribution in [0.3, 0.4) is 0 Å². The van der Waals surface area contributed by atoms with Crippen LogP contribution in [0.2, 0.25) is 0 Å². The van der Waals surface area contributed by atoms with Crippen LogP contribution >= 0.6 is 0 Å². The number of nitrogens with zero attached hydrogens (tertiary/aromatic N) is 6. The van der Waals surface area contributed by atoms with E-state index >= 15 is 0 Å². The van der Waals surface area contributed by atoms with Crippen LogP contribution in [0.4, 0.5) is 17.3 Å². The molecular formula is C25H35N7. The Bertz CT molecular complexity index is 1040. The van der Waals surface area contributed by atoms with Gasteiger partial charge in [-0.05, 0) is 58.0 Å². The van der Waals surface area contributed by atoms with E-state index in [1.165, 1.54) is 43.6 Å². The monoisotopic (exact) mass is 433 g/mol. The van der Waals surface area contributed by atoms with Gasteiger partial charge in [0.2, 0.25) is 5.95 Å². The molecule has 2 fully saturated rings. The Kier molecular flexibility index (Phi) is 6.00. The third kappa shape index (κ3) is 4.31. The highest BCUT2D eigenvalue weighted by Gasteiger charge is 2.24. The number of rotatable bonds is 5. The molecule has 1 aliphatic carbocycles. The fraction of sp³-hybridized carbons (Fsp3) is 0.560. The van der Waals surface area contributed by atoms with Gasteiger partial charge in [0.05, 0.1) is 6.20 Å². The van der Waals surface area contributed by atoms with Crippen molar-refractivity contribution >= 4 is 28.5 Å². The molecule has 0 unspecified atom stereocenters. The lowest BCUT2D eigenvalue weighted by atomic mass is 9.88. The molecule has 2 aromatic heterocycles. The molecule has 0 radical (unpaired) electrons. The quantitative estimate of drug-likeness (QED) is 0.614. The Hall–Kier alpha value is -2.67. The third-order valence-corrected chi connectivity index (χ3v) is 6.94. The maximum absolute atomic E-state index is 4.98. The summed E-state index contributed by atoms with van der Waals surface area (Å²) >= 11 is 0. The second-order valence-corrected chi connectivity index (χ2v) is 9.63. The molecule has 32 heavy (non-hydrogen) atoms. The predicted octanol–water partition coefficient (Wildman–Crippen LogP) is 4.95. The molecule has 0 bridgehead atoms. The van der Waals surface area contributed by atoms with Gasteiger partial charge in [0.15, 0.2) is 5.65 Å². The smallest absolute Gasteiger partial charge is 0.229 e. The zero-order valence-corrected chi connectivity index (χ0v) is 19.6. The van der Waals surface area contributed by atoms with E-state index in [4.69, 9.17) is 9.97 Å². The van der Waals surface area contributed by atoms with Crippen molar-refractivity contribution in [3.8, 4) is 0 Å². The van der Waals surface area contributed by atoms with E-state index in [2.05, 4.69) is 69.8 Å². The molecule has 3 aromatic rings. The number of fused-ring (bicyclic) bond motifs is 1. The van der Waals surface area contributed by atoms with Gasteiger partial charge in [-0.1, -0.05) is 19.3 Å². The van der Waals surface area contributed by atoms with E-state index in [-0.39, 0.29) is 0 Å². The minimum absolute atomic E-state index is 0.322. The number of benzene rings is 1. The summed E-state index contributed by atoms with van der Waals surface area (Å²) in [6.45, 7) is 8.82. The van der Waals surface area contributed by atoms with Crippen LogP contribution in [0.1, 0.15) is 63.7 Å².